The fourth-order valence-corrected chi connectivity index (χ4v) is 5.48. The number of hydrogen-bond donors (Lipinski definition) is 2. The van der Waals surface area contributed by atoms with E-state index in [0.29, 0.717) is 28.4 Å². The summed E-state index contributed by atoms with van der Waals surface area (Å²) in [5.41, 5.74) is 9.35. The number of benzene rings is 2. The maximum absolute atomic E-state index is 15.1. The van der Waals surface area contributed by atoms with E-state index in [4.69, 9.17) is 17.3 Å². The molecule has 2 aromatic carbocycles. The summed E-state index contributed by atoms with van der Waals surface area (Å²) >= 11 is 6.13. The zero-order valence-electron chi connectivity index (χ0n) is 18.7. The van der Waals surface area contributed by atoms with Gasteiger partial charge in [0.25, 0.3) is 5.91 Å². The highest BCUT2D eigenvalue weighted by atomic mass is 35.5. The number of carbonyl (C=O) groups excluding carboxylic acids is 3. The topological polar surface area (TPSA) is 95.7 Å². The SMILES string of the molecule is Nc1c(Cl)cccc1CN1CCC(c2cc3c(cc2F)C(=O)N(C2CCC(=O)NC2=O)C3)CC1. The molecule has 2 fully saturated rings. The molecule has 0 saturated carbocycles. The minimum atomic E-state index is -0.703. The van der Waals surface area contributed by atoms with Crippen LogP contribution >= 0.6 is 11.6 Å². The second kappa shape index (κ2) is 9.00. The lowest BCUT2D eigenvalue weighted by Gasteiger charge is -2.32. The van der Waals surface area contributed by atoms with Crippen LogP contribution < -0.4 is 11.1 Å². The average Bonchev–Trinajstić information content (AvgIpc) is 3.12. The van der Waals surface area contributed by atoms with Gasteiger partial charge in [-0.15, -0.1) is 0 Å². The number of rotatable bonds is 4. The zero-order chi connectivity index (χ0) is 24.0. The van der Waals surface area contributed by atoms with E-state index in [0.717, 1.165) is 37.1 Å². The number of para-hydroxylation sites is 1. The molecule has 0 aromatic heterocycles. The predicted molar refractivity (Wildman–Crippen MR) is 126 cm³/mol. The van der Waals surface area contributed by atoms with Crippen molar-refractivity contribution >= 4 is 35.0 Å². The molecule has 3 N–H and O–H groups in total. The molecule has 7 nitrogen and oxygen atoms in total. The fourth-order valence-electron chi connectivity index (χ4n) is 5.28. The highest BCUT2D eigenvalue weighted by Crippen LogP contribution is 2.36. The Bertz CT molecular complexity index is 1180. The molecule has 178 valence electrons. The van der Waals surface area contributed by atoms with Crippen LogP contribution in [-0.2, 0) is 22.7 Å². The first-order valence-corrected chi connectivity index (χ1v) is 11.9. The van der Waals surface area contributed by atoms with Crippen LogP contribution in [0.3, 0.4) is 0 Å². The first-order valence-electron chi connectivity index (χ1n) is 11.5. The maximum atomic E-state index is 15.1. The molecule has 0 bridgehead atoms. The number of nitrogen functional groups attached to an aromatic ring is 1. The van der Waals surface area contributed by atoms with Crippen LogP contribution in [0.15, 0.2) is 30.3 Å². The average molecular weight is 485 g/mol. The zero-order valence-corrected chi connectivity index (χ0v) is 19.4. The van der Waals surface area contributed by atoms with Crippen molar-refractivity contribution in [2.24, 2.45) is 0 Å². The number of nitrogens with zero attached hydrogens (tertiary/aromatic N) is 2. The van der Waals surface area contributed by atoms with Gasteiger partial charge in [0.1, 0.15) is 11.9 Å². The fraction of sp³-hybridized carbons (Fsp3) is 0.400. The summed E-state index contributed by atoms with van der Waals surface area (Å²) in [6, 6.07) is 8.04. The number of nitrogens with two attached hydrogens (primary N) is 1. The Morgan fingerprint density at radius 3 is 2.62 bits per heavy atom. The monoisotopic (exact) mass is 484 g/mol. The van der Waals surface area contributed by atoms with Gasteiger partial charge in [0.15, 0.2) is 0 Å². The highest BCUT2D eigenvalue weighted by molar-refractivity contribution is 6.33. The van der Waals surface area contributed by atoms with Crippen LogP contribution in [-0.4, -0.2) is 46.7 Å². The van der Waals surface area contributed by atoms with Gasteiger partial charge in [0.05, 0.1) is 10.7 Å². The number of fused-ring (bicyclic) bond motifs is 1. The highest BCUT2D eigenvalue weighted by Gasteiger charge is 2.40. The number of imide groups is 1. The third kappa shape index (κ3) is 4.16. The van der Waals surface area contributed by atoms with Crippen LogP contribution in [0.4, 0.5) is 10.1 Å². The Hall–Kier alpha value is -2.97. The molecule has 0 aliphatic carbocycles. The van der Waals surface area contributed by atoms with Crippen molar-refractivity contribution in [2.45, 2.75) is 50.7 Å². The van der Waals surface area contributed by atoms with Gasteiger partial charge in [-0.2, -0.15) is 0 Å². The van der Waals surface area contributed by atoms with E-state index >= 15 is 4.39 Å². The molecule has 2 saturated heterocycles. The molecule has 9 heteroatoms. The molecule has 1 unspecified atom stereocenters. The van der Waals surface area contributed by atoms with Gasteiger partial charge in [-0.1, -0.05) is 29.8 Å². The molecule has 34 heavy (non-hydrogen) atoms. The Labute approximate surface area is 202 Å². The van der Waals surface area contributed by atoms with Gasteiger partial charge in [-0.3, -0.25) is 24.6 Å². The van der Waals surface area contributed by atoms with Crippen LogP contribution in [0.5, 0.6) is 0 Å². The van der Waals surface area contributed by atoms with Gasteiger partial charge in [-0.05, 0) is 67.1 Å². The van der Waals surface area contributed by atoms with Gasteiger partial charge in [0.2, 0.25) is 11.8 Å². The summed E-state index contributed by atoms with van der Waals surface area (Å²) in [4.78, 5) is 40.3. The van der Waals surface area contributed by atoms with Crippen molar-refractivity contribution in [2.75, 3.05) is 18.8 Å². The second-order valence-corrected chi connectivity index (χ2v) is 9.70. The molecule has 0 spiro atoms. The molecular formula is C25H26ClFN4O3. The molecule has 5 rings (SSSR count). The lowest BCUT2D eigenvalue weighted by molar-refractivity contribution is -0.136. The number of carbonyl (C=O) groups is 3. The van der Waals surface area contributed by atoms with Crippen molar-refractivity contribution in [3.8, 4) is 0 Å². The van der Waals surface area contributed by atoms with Crippen LogP contribution in [0, 0.1) is 5.82 Å². The van der Waals surface area contributed by atoms with E-state index in [1.807, 2.05) is 12.1 Å². The minimum absolute atomic E-state index is 0.0537. The predicted octanol–water partition coefficient (Wildman–Crippen LogP) is 3.20. The lowest BCUT2D eigenvalue weighted by atomic mass is 9.87. The number of likely N-dealkylation sites (tertiary alicyclic amines) is 1. The second-order valence-electron chi connectivity index (χ2n) is 9.29. The quantitative estimate of drug-likeness (QED) is 0.513. The Balaban J connectivity index is 1.27. The Morgan fingerprint density at radius 2 is 1.88 bits per heavy atom. The lowest BCUT2D eigenvalue weighted by Crippen LogP contribution is -2.52. The summed E-state index contributed by atoms with van der Waals surface area (Å²) in [6.45, 7) is 2.55. The van der Waals surface area contributed by atoms with E-state index in [-0.39, 0.29) is 42.9 Å². The summed E-state index contributed by atoms with van der Waals surface area (Å²) < 4.78 is 15.1. The molecule has 3 aliphatic rings. The minimum Gasteiger partial charge on any atom is -0.397 e. The molecule has 3 heterocycles. The number of nitrogens with one attached hydrogen (secondary N) is 1. The third-order valence-electron chi connectivity index (χ3n) is 7.21. The summed E-state index contributed by atoms with van der Waals surface area (Å²) in [6.07, 6.45) is 2.06. The summed E-state index contributed by atoms with van der Waals surface area (Å²) in [5, 5.41) is 2.84. The van der Waals surface area contributed by atoms with Crippen molar-refractivity contribution in [3.63, 3.8) is 0 Å². The van der Waals surface area contributed by atoms with E-state index in [2.05, 4.69) is 10.2 Å². The first-order chi connectivity index (χ1) is 16.3. The Morgan fingerprint density at radius 1 is 1.12 bits per heavy atom. The van der Waals surface area contributed by atoms with Crippen LogP contribution in [0.25, 0.3) is 0 Å². The number of anilines is 1. The van der Waals surface area contributed by atoms with Gasteiger partial charge in [-0.25, -0.2) is 4.39 Å². The molecule has 2 aromatic rings. The Kier molecular flexibility index (Phi) is 6.04. The maximum Gasteiger partial charge on any atom is 0.255 e. The molecule has 0 radical (unpaired) electrons. The number of amides is 3. The van der Waals surface area contributed by atoms with Gasteiger partial charge >= 0.3 is 0 Å². The van der Waals surface area contributed by atoms with E-state index in [1.165, 1.54) is 11.0 Å². The van der Waals surface area contributed by atoms with Crippen LogP contribution in [0.2, 0.25) is 5.02 Å². The molecule has 3 amide bonds. The van der Waals surface area contributed by atoms with Crippen molar-refractivity contribution in [3.05, 3.63) is 63.4 Å². The number of halogens is 2. The van der Waals surface area contributed by atoms with Crippen molar-refractivity contribution in [1.29, 1.82) is 0 Å². The molecule has 1 atom stereocenters. The van der Waals surface area contributed by atoms with Gasteiger partial charge in [0, 0.05) is 25.1 Å². The van der Waals surface area contributed by atoms with E-state index < -0.39 is 11.9 Å². The summed E-state index contributed by atoms with van der Waals surface area (Å²) in [7, 11) is 0. The summed E-state index contributed by atoms with van der Waals surface area (Å²) in [5.74, 6) is -1.48. The van der Waals surface area contributed by atoms with Crippen molar-refractivity contribution in [1.82, 2.24) is 15.1 Å². The van der Waals surface area contributed by atoms with E-state index in [1.54, 1.807) is 12.1 Å². The van der Waals surface area contributed by atoms with Crippen LogP contribution in [0.1, 0.15) is 58.6 Å². The van der Waals surface area contributed by atoms with Gasteiger partial charge < -0.3 is 10.6 Å². The molecular weight excluding hydrogens is 459 g/mol. The smallest absolute Gasteiger partial charge is 0.255 e. The largest absolute Gasteiger partial charge is 0.397 e. The normalized spacial score (nSPS) is 21.6. The molecule has 3 aliphatic heterocycles. The third-order valence-corrected chi connectivity index (χ3v) is 7.53. The number of piperidine rings is 2. The number of hydrogen-bond acceptors (Lipinski definition) is 5. The standard InChI is InChI=1S/C25H26ClFN4O3/c26-19-3-1-2-15(23(19)28)12-30-8-6-14(7-9-30)17-10-16-13-31(25(34)18(16)11-20(17)27)21-4-5-22(32)29-24(21)33/h1-3,10-11,14,21H,4-9,12-13,28H2,(H,29,32,33). The van der Waals surface area contributed by atoms with E-state index in [9.17, 15) is 14.4 Å². The first kappa shape index (κ1) is 22.8. The van der Waals surface area contributed by atoms with Crippen molar-refractivity contribution < 1.29 is 18.8 Å².